The van der Waals surface area contributed by atoms with Crippen LogP contribution >= 0.6 is 23.2 Å². The summed E-state index contributed by atoms with van der Waals surface area (Å²) in [6, 6.07) is 13.8. The number of halogens is 2. The predicted molar refractivity (Wildman–Crippen MR) is 122 cm³/mol. The summed E-state index contributed by atoms with van der Waals surface area (Å²) in [4.78, 5) is 25.8. The number of nitrogens with one attached hydrogen (secondary N) is 2. The minimum atomic E-state index is -0.559. The Bertz CT molecular complexity index is 1120. The molecule has 1 amide bonds. The smallest absolute Gasteiger partial charge is 0.295 e. The number of rotatable bonds is 6. The van der Waals surface area contributed by atoms with Crippen molar-refractivity contribution in [2.75, 3.05) is 5.32 Å². The summed E-state index contributed by atoms with van der Waals surface area (Å²) in [5.74, 6) is -0.307. The summed E-state index contributed by atoms with van der Waals surface area (Å²) < 4.78 is 3.25. The van der Waals surface area contributed by atoms with Crippen LogP contribution in [0.15, 0.2) is 53.3 Å². The van der Waals surface area contributed by atoms with E-state index in [1.165, 1.54) is 4.68 Å². The third-order valence-electron chi connectivity index (χ3n) is 5.12. The largest absolute Gasteiger partial charge is 0.319 e. The van der Waals surface area contributed by atoms with Crippen LogP contribution in [-0.4, -0.2) is 21.3 Å². The van der Waals surface area contributed by atoms with E-state index in [1.54, 1.807) is 37.7 Å². The molecule has 0 saturated heterocycles. The van der Waals surface area contributed by atoms with Crippen molar-refractivity contribution in [3.05, 3.63) is 80.2 Å². The van der Waals surface area contributed by atoms with E-state index in [-0.39, 0.29) is 23.2 Å². The fourth-order valence-corrected chi connectivity index (χ4v) is 3.91. The Morgan fingerprint density at radius 3 is 2.37 bits per heavy atom. The molecule has 3 aromatic rings. The van der Waals surface area contributed by atoms with Crippen LogP contribution in [0, 0.1) is 6.92 Å². The molecule has 0 aliphatic carbocycles. The fourth-order valence-electron chi connectivity index (χ4n) is 3.34. The molecule has 3 rings (SSSR count). The Hall–Kier alpha value is -2.54. The van der Waals surface area contributed by atoms with Gasteiger partial charge in [-0.05, 0) is 50.6 Å². The fraction of sp³-hybridized carbons (Fsp3) is 0.273. The maximum Gasteiger partial charge on any atom is 0.295 e. The molecule has 2 aromatic carbocycles. The van der Waals surface area contributed by atoms with Gasteiger partial charge in [0.25, 0.3) is 5.56 Å². The molecule has 2 atom stereocenters. The van der Waals surface area contributed by atoms with E-state index in [0.29, 0.717) is 15.7 Å². The summed E-state index contributed by atoms with van der Waals surface area (Å²) >= 11 is 12.2. The normalized spacial score (nSPS) is 13.1. The number of nitrogens with zero attached hydrogens (tertiary/aromatic N) is 2. The minimum absolute atomic E-state index is 0.187. The van der Waals surface area contributed by atoms with Crippen LogP contribution in [0.2, 0.25) is 10.0 Å². The van der Waals surface area contributed by atoms with E-state index in [1.807, 2.05) is 43.3 Å². The Morgan fingerprint density at radius 2 is 1.73 bits per heavy atom. The van der Waals surface area contributed by atoms with E-state index >= 15 is 0 Å². The highest BCUT2D eigenvalue weighted by Gasteiger charge is 2.22. The molecule has 1 heterocycles. The molecule has 2 N–H and O–H groups in total. The summed E-state index contributed by atoms with van der Waals surface area (Å²) in [6.45, 7) is 5.45. The Morgan fingerprint density at radius 1 is 1.07 bits per heavy atom. The van der Waals surface area contributed by atoms with Crippen LogP contribution in [0.3, 0.4) is 0 Å². The molecular weight excluding hydrogens is 423 g/mol. The molecule has 0 radical (unpaired) electrons. The SMILES string of the molecule is Cc1c(NC(=O)[C@H](C)N[C@H](C)c2ccc(Cl)cc2Cl)c(=O)n(-c2ccccc2)n1C. The number of benzene rings is 2. The highest BCUT2D eigenvalue weighted by Crippen LogP contribution is 2.26. The van der Waals surface area contributed by atoms with E-state index in [4.69, 9.17) is 23.2 Å². The van der Waals surface area contributed by atoms with Gasteiger partial charge < -0.3 is 5.32 Å². The van der Waals surface area contributed by atoms with Crippen LogP contribution in [0.5, 0.6) is 0 Å². The Labute approximate surface area is 185 Å². The molecule has 1 aromatic heterocycles. The minimum Gasteiger partial charge on any atom is -0.319 e. The van der Waals surface area contributed by atoms with Gasteiger partial charge in [-0.15, -0.1) is 0 Å². The summed E-state index contributed by atoms with van der Waals surface area (Å²) in [5, 5.41) is 7.07. The lowest BCUT2D eigenvalue weighted by molar-refractivity contribution is -0.117. The van der Waals surface area contributed by atoms with Gasteiger partial charge in [-0.25, -0.2) is 4.68 Å². The average Bonchev–Trinajstić information content (AvgIpc) is 2.91. The topological polar surface area (TPSA) is 68.1 Å². The molecule has 158 valence electrons. The molecular formula is C22H24Cl2N4O2. The first-order valence-corrected chi connectivity index (χ1v) is 10.3. The van der Waals surface area contributed by atoms with E-state index in [9.17, 15) is 9.59 Å². The summed E-state index contributed by atoms with van der Waals surface area (Å²) in [7, 11) is 1.78. The van der Waals surface area contributed by atoms with Crippen molar-refractivity contribution in [2.24, 2.45) is 7.05 Å². The Balaban J connectivity index is 1.78. The lowest BCUT2D eigenvalue weighted by Gasteiger charge is -2.20. The van der Waals surface area contributed by atoms with Crippen LogP contribution in [-0.2, 0) is 11.8 Å². The second-order valence-corrected chi connectivity index (χ2v) is 8.05. The number of carbonyl (C=O) groups excluding carboxylic acids is 1. The number of anilines is 1. The zero-order valence-corrected chi connectivity index (χ0v) is 18.8. The Kier molecular flexibility index (Phi) is 6.71. The highest BCUT2D eigenvalue weighted by molar-refractivity contribution is 6.35. The molecule has 30 heavy (non-hydrogen) atoms. The highest BCUT2D eigenvalue weighted by atomic mass is 35.5. The molecule has 0 fully saturated rings. The summed E-state index contributed by atoms with van der Waals surface area (Å²) in [5.41, 5.74) is 2.21. The molecule has 0 unspecified atom stereocenters. The van der Waals surface area contributed by atoms with E-state index in [0.717, 1.165) is 11.3 Å². The van der Waals surface area contributed by atoms with Gasteiger partial charge in [0, 0.05) is 23.1 Å². The quantitative estimate of drug-likeness (QED) is 0.586. The second kappa shape index (κ2) is 9.08. The number of aromatic nitrogens is 2. The molecule has 0 saturated carbocycles. The maximum absolute atomic E-state index is 13.0. The average molecular weight is 447 g/mol. The van der Waals surface area contributed by atoms with Crippen molar-refractivity contribution in [1.82, 2.24) is 14.7 Å². The van der Waals surface area contributed by atoms with Crippen molar-refractivity contribution in [3.8, 4) is 5.69 Å². The van der Waals surface area contributed by atoms with Crippen molar-refractivity contribution in [1.29, 1.82) is 0 Å². The lowest BCUT2D eigenvalue weighted by atomic mass is 10.1. The number of hydrogen-bond donors (Lipinski definition) is 2. The molecule has 0 bridgehead atoms. The number of amides is 1. The predicted octanol–water partition coefficient (Wildman–Crippen LogP) is 4.47. The van der Waals surface area contributed by atoms with Crippen LogP contribution in [0.1, 0.15) is 31.1 Å². The molecule has 0 aliphatic heterocycles. The molecule has 0 spiro atoms. The van der Waals surface area contributed by atoms with E-state index in [2.05, 4.69) is 10.6 Å². The third kappa shape index (κ3) is 4.46. The van der Waals surface area contributed by atoms with E-state index < -0.39 is 6.04 Å². The van der Waals surface area contributed by atoms with Crippen molar-refractivity contribution in [3.63, 3.8) is 0 Å². The van der Waals surface area contributed by atoms with Crippen molar-refractivity contribution in [2.45, 2.75) is 32.9 Å². The van der Waals surface area contributed by atoms with Crippen molar-refractivity contribution < 1.29 is 4.79 Å². The van der Waals surface area contributed by atoms with Gasteiger partial charge in [0.2, 0.25) is 5.91 Å². The van der Waals surface area contributed by atoms with Gasteiger partial charge in [-0.3, -0.25) is 19.6 Å². The lowest BCUT2D eigenvalue weighted by Crippen LogP contribution is -2.40. The first-order valence-electron chi connectivity index (χ1n) is 9.56. The van der Waals surface area contributed by atoms with Gasteiger partial charge in [0.05, 0.1) is 17.4 Å². The molecule has 0 aliphatic rings. The first kappa shape index (κ1) is 22.2. The molecule has 6 nitrogen and oxygen atoms in total. The van der Waals surface area contributed by atoms with Crippen molar-refractivity contribution >= 4 is 34.8 Å². The van der Waals surface area contributed by atoms with Crippen LogP contribution in [0.4, 0.5) is 5.69 Å². The summed E-state index contributed by atoms with van der Waals surface area (Å²) in [6.07, 6.45) is 0. The zero-order valence-electron chi connectivity index (χ0n) is 17.2. The maximum atomic E-state index is 13.0. The number of para-hydroxylation sites is 1. The zero-order chi connectivity index (χ0) is 22.0. The first-order chi connectivity index (χ1) is 14.2. The monoisotopic (exact) mass is 446 g/mol. The van der Waals surface area contributed by atoms with Gasteiger partial charge in [0.1, 0.15) is 5.69 Å². The van der Waals surface area contributed by atoms with Gasteiger partial charge >= 0.3 is 0 Å². The number of hydrogen-bond acceptors (Lipinski definition) is 3. The standard InChI is InChI=1S/C22H24Cl2N4O2/c1-13(18-11-10-16(23)12-19(18)24)25-14(2)21(29)26-20-15(3)27(4)28(22(20)30)17-8-6-5-7-9-17/h5-14,25H,1-4H3,(H,26,29)/t13-,14+/m1/s1. The second-order valence-electron chi connectivity index (χ2n) is 7.20. The molecule has 8 heteroatoms. The van der Waals surface area contributed by atoms with Gasteiger partial charge in [0.15, 0.2) is 0 Å². The van der Waals surface area contributed by atoms with Crippen LogP contribution in [0.25, 0.3) is 5.69 Å². The van der Waals surface area contributed by atoms with Gasteiger partial charge in [-0.1, -0.05) is 47.5 Å². The number of carbonyl (C=O) groups is 1. The van der Waals surface area contributed by atoms with Crippen LogP contribution < -0.4 is 16.2 Å². The van der Waals surface area contributed by atoms with Gasteiger partial charge in [-0.2, -0.15) is 0 Å². The third-order valence-corrected chi connectivity index (χ3v) is 5.69.